The average molecular weight is 303 g/mol. The summed E-state index contributed by atoms with van der Waals surface area (Å²) in [5.74, 6) is 0.807. The van der Waals surface area contributed by atoms with Crippen molar-refractivity contribution >= 4 is 17.4 Å². The van der Waals surface area contributed by atoms with Gasteiger partial charge in [0.15, 0.2) is 4.80 Å². The van der Waals surface area contributed by atoms with E-state index >= 15 is 0 Å². The first kappa shape index (κ1) is 13.9. The molecule has 1 aliphatic heterocycles. The van der Waals surface area contributed by atoms with Crippen LogP contribution in [0.1, 0.15) is 12.8 Å². The van der Waals surface area contributed by atoms with Gasteiger partial charge in [0.1, 0.15) is 5.75 Å². The smallest absolute Gasteiger partial charge is 0.346 e. The summed E-state index contributed by atoms with van der Waals surface area (Å²) in [4.78, 5) is 18.9. The molecular weight excluding hydrogens is 286 g/mol. The summed E-state index contributed by atoms with van der Waals surface area (Å²) in [7, 11) is 1.64. The zero-order valence-corrected chi connectivity index (χ0v) is 12.7. The van der Waals surface area contributed by atoms with Crippen LogP contribution in [0.2, 0.25) is 0 Å². The van der Waals surface area contributed by atoms with Gasteiger partial charge < -0.3 is 9.64 Å². The zero-order chi connectivity index (χ0) is 14.7. The van der Waals surface area contributed by atoms with Crippen molar-refractivity contribution < 1.29 is 9.53 Å². The molecule has 0 bridgehead atoms. The molecule has 0 saturated carbocycles. The molecule has 110 valence electrons. The maximum Gasteiger partial charge on any atom is 0.346 e. The number of amides is 2. The van der Waals surface area contributed by atoms with Crippen molar-refractivity contribution in [2.75, 3.05) is 20.2 Å². The first-order chi connectivity index (χ1) is 10.3. The van der Waals surface area contributed by atoms with Crippen LogP contribution in [-0.4, -0.2) is 35.7 Å². The molecule has 0 N–H and O–H groups in total. The molecule has 0 radical (unpaired) electrons. The highest BCUT2D eigenvalue weighted by atomic mass is 32.1. The summed E-state index contributed by atoms with van der Waals surface area (Å²) in [5.41, 5.74) is 0.963. The Kier molecular flexibility index (Phi) is 4.06. The van der Waals surface area contributed by atoms with Gasteiger partial charge in [-0.15, -0.1) is 11.3 Å². The highest BCUT2D eigenvalue weighted by Gasteiger charge is 2.17. The predicted molar refractivity (Wildman–Crippen MR) is 82.0 cm³/mol. The fourth-order valence-corrected chi connectivity index (χ4v) is 3.07. The van der Waals surface area contributed by atoms with Gasteiger partial charge in [0.2, 0.25) is 0 Å². The quantitative estimate of drug-likeness (QED) is 0.856. The second-order valence-corrected chi connectivity index (χ2v) is 5.72. The minimum absolute atomic E-state index is 0.141. The van der Waals surface area contributed by atoms with E-state index in [1.807, 2.05) is 40.4 Å². The maximum atomic E-state index is 12.1. The number of carbonyl (C=O) groups excluding carboxylic acids is 1. The number of ether oxygens (including phenoxy) is 1. The zero-order valence-electron chi connectivity index (χ0n) is 11.9. The van der Waals surface area contributed by atoms with Gasteiger partial charge in [-0.2, -0.15) is 4.99 Å². The number of likely N-dealkylation sites (tertiary alicyclic amines) is 1. The van der Waals surface area contributed by atoms with Gasteiger partial charge in [-0.1, -0.05) is 0 Å². The highest BCUT2D eigenvalue weighted by Crippen LogP contribution is 2.14. The van der Waals surface area contributed by atoms with Crippen LogP contribution >= 0.6 is 11.3 Å². The van der Waals surface area contributed by atoms with E-state index in [0.717, 1.165) is 37.4 Å². The molecule has 1 saturated heterocycles. The third-order valence-corrected chi connectivity index (χ3v) is 4.26. The van der Waals surface area contributed by atoms with Gasteiger partial charge in [-0.25, -0.2) is 4.79 Å². The van der Waals surface area contributed by atoms with E-state index in [4.69, 9.17) is 4.74 Å². The van der Waals surface area contributed by atoms with Crippen LogP contribution in [0.15, 0.2) is 40.8 Å². The molecule has 21 heavy (non-hydrogen) atoms. The number of rotatable bonds is 2. The number of hydrogen-bond donors (Lipinski definition) is 0. The van der Waals surface area contributed by atoms with Crippen molar-refractivity contribution in [3.05, 3.63) is 40.6 Å². The number of benzene rings is 1. The largest absolute Gasteiger partial charge is 0.497 e. The summed E-state index contributed by atoms with van der Waals surface area (Å²) < 4.78 is 7.07. The number of thiazole rings is 1. The summed E-state index contributed by atoms with van der Waals surface area (Å²) in [6.45, 7) is 1.63. The summed E-state index contributed by atoms with van der Waals surface area (Å²) in [5, 5.41) is 1.93. The van der Waals surface area contributed by atoms with E-state index in [1.165, 1.54) is 11.3 Å². The van der Waals surface area contributed by atoms with Crippen molar-refractivity contribution in [1.82, 2.24) is 9.47 Å². The van der Waals surface area contributed by atoms with Crippen LogP contribution in [0.5, 0.6) is 5.75 Å². The average Bonchev–Trinajstić information content (AvgIpc) is 3.19. The van der Waals surface area contributed by atoms with Crippen molar-refractivity contribution in [3.63, 3.8) is 0 Å². The molecule has 0 aliphatic carbocycles. The lowest BCUT2D eigenvalue weighted by Gasteiger charge is -2.10. The third-order valence-electron chi connectivity index (χ3n) is 3.51. The Labute approximate surface area is 127 Å². The molecule has 6 heteroatoms. The molecule has 2 heterocycles. The second-order valence-electron chi connectivity index (χ2n) is 4.84. The molecule has 0 unspecified atom stereocenters. The topological polar surface area (TPSA) is 46.8 Å². The van der Waals surface area contributed by atoms with Gasteiger partial charge in [-0.3, -0.25) is 4.57 Å². The Bertz CT molecular complexity index is 681. The summed E-state index contributed by atoms with van der Waals surface area (Å²) in [6.07, 6.45) is 4.07. The van der Waals surface area contributed by atoms with Crippen molar-refractivity contribution in [1.29, 1.82) is 0 Å². The van der Waals surface area contributed by atoms with Gasteiger partial charge >= 0.3 is 6.03 Å². The Morgan fingerprint density at radius 1 is 1.24 bits per heavy atom. The number of carbonyl (C=O) groups is 1. The number of nitrogens with zero attached hydrogens (tertiary/aromatic N) is 3. The number of aromatic nitrogens is 1. The lowest BCUT2D eigenvalue weighted by atomic mass is 10.3. The van der Waals surface area contributed by atoms with Crippen molar-refractivity contribution in [3.8, 4) is 11.4 Å². The number of urea groups is 1. The molecule has 3 rings (SSSR count). The molecule has 1 aromatic heterocycles. The Hall–Kier alpha value is -2.08. The number of methoxy groups -OCH3 is 1. The molecule has 2 aromatic rings. The van der Waals surface area contributed by atoms with E-state index in [1.54, 1.807) is 12.0 Å². The van der Waals surface area contributed by atoms with E-state index in [2.05, 4.69) is 4.99 Å². The van der Waals surface area contributed by atoms with E-state index in [-0.39, 0.29) is 6.03 Å². The van der Waals surface area contributed by atoms with E-state index in [9.17, 15) is 4.79 Å². The monoisotopic (exact) mass is 303 g/mol. The maximum absolute atomic E-state index is 12.1. The molecule has 0 atom stereocenters. The minimum Gasteiger partial charge on any atom is -0.497 e. The first-order valence-corrected chi connectivity index (χ1v) is 7.80. The summed E-state index contributed by atoms with van der Waals surface area (Å²) >= 11 is 1.46. The van der Waals surface area contributed by atoms with Gasteiger partial charge in [0.25, 0.3) is 0 Å². The van der Waals surface area contributed by atoms with E-state index in [0.29, 0.717) is 4.80 Å². The predicted octanol–water partition coefficient (Wildman–Crippen LogP) is 2.66. The van der Waals surface area contributed by atoms with Gasteiger partial charge in [0.05, 0.1) is 7.11 Å². The Morgan fingerprint density at radius 2 is 1.95 bits per heavy atom. The first-order valence-electron chi connectivity index (χ1n) is 6.92. The number of hydrogen-bond acceptors (Lipinski definition) is 3. The highest BCUT2D eigenvalue weighted by molar-refractivity contribution is 7.07. The Balaban J connectivity index is 1.90. The lowest BCUT2D eigenvalue weighted by Crippen LogP contribution is -2.27. The standard InChI is InChI=1S/C15H17N3O2S/c1-20-13-6-4-12(5-7-13)18-10-11-21-15(18)16-14(19)17-8-2-3-9-17/h4-7,10-11H,2-3,8-9H2,1H3/b16-15-. The van der Waals surface area contributed by atoms with Gasteiger partial charge in [0, 0.05) is 30.4 Å². The molecule has 0 spiro atoms. The van der Waals surface area contributed by atoms with Crippen LogP contribution < -0.4 is 9.54 Å². The lowest BCUT2D eigenvalue weighted by molar-refractivity contribution is 0.218. The normalized spacial score (nSPS) is 15.5. The van der Waals surface area contributed by atoms with Crippen LogP contribution in [0, 0.1) is 0 Å². The SMILES string of the molecule is COc1ccc(-n2ccs/c2=N\C(=O)N2CCCC2)cc1. The molecule has 1 aliphatic rings. The van der Waals surface area contributed by atoms with Crippen molar-refractivity contribution in [2.45, 2.75) is 12.8 Å². The van der Waals surface area contributed by atoms with Gasteiger partial charge in [-0.05, 0) is 37.1 Å². The Morgan fingerprint density at radius 3 is 2.62 bits per heavy atom. The van der Waals surface area contributed by atoms with Crippen LogP contribution in [0.4, 0.5) is 4.79 Å². The molecular formula is C15H17N3O2S. The molecule has 1 fully saturated rings. The van der Waals surface area contributed by atoms with Crippen LogP contribution in [0.3, 0.4) is 0 Å². The van der Waals surface area contributed by atoms with Crippen molar-refractivity contribution in [2.24, 2.45) is 4.99 Å². The summed E-state index contributed by atoms with van der Waals surface area (Å²) in [6, 6.07) is 7.55. The fraction of sp³-hybridized carbons (Fsp3) is 0.333. The molecule has 1 aromatic carbocycles. The molecule has 5 nitrogen and oxygen atoms in total. The van der Waals surface area contributed by atoms with Crippen LogP contribution in [0.25, 0.3) is 5.69 Å². The second kappa shape index (κ2) is 6.13. The fourth-order valence-electron chi connectivity index (χ4n) is 2.35. The molecule has 2 amide bonds. The minimum atomic E-state index is -0.141. The van der Waals surface area contributed by atoms with E-state index < -0.39 is 0 Å². The third kappa shape index (κ3) is 3.00. The van der Waals surface area contributed by atoms with Crippen LogP contribution in [-0.2, 0) is 0 Å².